The molecule has 0 aliphatic carbocycles. The molecule has 0 saturated heterocycles. The summed E-state index contributed by atoms with van der Waals surface area (Å²) in [6.07, 6.45) is 0. The lowest BCUT2D eigenvalue weighted by molar-refractivity contribution is 0.102. The Bertz CT molecular complexity index is 645. The van der Waals surface area contributed by atoms with E-state index in [9.17, 15) is 9.18 Å². The van der Waals surface area contributed by atoms with E-state index in [0.717, 1.165) is 16.1 Å². The molecule has 0 atom stereocenters. The number of rotatable bonds is 2. The molecule has 2 rings (SSSR count). The second kappa shape index (κ2) is 5.72. The minimum Gasteiger partial charge on any atom is -0.322 e. The Morgan fingerprint density at radius 2 is 2.00 bits per heavy atom. The van der Waals surface area contributed by atoms with Crippen LogP contribution in [0.4, 0.5) is 10.1 Å². The van der Waals surface area contributed by atoms with Crippen molar-refractivity contribution in [2.45, 2.75) is 6.92 Å². The third-order valence-corrected chi connectivity index (χ3v) is 3.72. The van der Waals surface area contributed by atoms with Gasteiger partial charge in [-0.05, 0) is 48.9 Å². The number of carbonyl (C=O) groups is 1. The molecule has 0 bridgehead atoms. The highest BCUT2D eigenvalue weighted by atomic mass is 79.9. The van der Waals surface area contributed by atoms with E-state index in [2.05, 4.69) is 21.2 Å². The molecule has 0 unspecified atom stereocenters. The number of benzene rings is 2. The van der Waals surface area contributed by atoms with Gasteiger partial charge in [-0.3, -0.25) is 4.79 Å². The average Bonchev–Trinajstić information content (AvgIpc) is 2.33. The molecule has 19 heavy (non-hydrogen) atoms. The molecular weight excluding hydrogens is 333 g/mol. The smallest absolute Gasteiger partial charge is 0.258 e. The molecule has 2 nitrogen and oxygen atoms in total. The number of hydrogen-bond donors (Lipinski definition) is 1. The quantitative estimate of drug-likeness (QED) is 0.834. The molecule has 0 spiro atoms. The van der Waals surface area contributed by atoms with Gasteiger partial charge in [0.05, 0.1) is 5.56 Å². The number of anilines is 1. The van der Waals surface area contributed by atoms with Crippen LogP contribution in [0.5, 0.6) is 0 Å². The van der Waals surface area contributed by atoms with E-state index in [1.165, 1.54) is 12.1 Å². The van der Waals surface area contributed by atoms with Gasteiger partial charge >= 0.3 is 0 Å². The third-order valence-electron chi connectivity index (χ3n) is 2.59. The number of amides is 1. The van der Waals surface area contributed by atoms with Gasteiger partial charge in [0.1, 0.15) is 5.82 Å². The van der Waals surface area contributed by atoms with E-state index in [1.807, 2.05) is 13.0 Å². The number of aryl methyl sites for hydroxylation is 1. The SMILES string of the molecule is Cc1cc(NC(=O)c2ccc(Cl)cc2F)ccc1Br. The molecule has 0 aromatic heterocycles. The Morgan fingerprint density at radius 1 is 1.26 bits per heavy atom. The largest absolute Gasteiger partial charge is 0.322 e. The first-order valence-corrected chi connectivity index (χ1v) is 6.67. The molecule has 0 aliphatic rings. The first-order chi connectivity index (χ1) is 8.97. The maximum atomic E-state index is 13.6. The molecule has 0 radical (unpaired) electrons. The van der Waals surface area contributed by atoms with Gasteiger partial charge in [-0.2, -0.15) is 0 Å². The Hall–Kier alpha value is -1.39. The van der Waals surface area contributed by atoms with Crippen LogP contribution in [0.15, 0.2) is 40.9 Å². The summed E-state index contributed by atoms with van der Waals surface area (Å²) in [5.41, 5.74) is 1.55. The van der Waals surface area contributed by atoms with Crippen LogP contribution >= 0.6 is 27.5 Å². The molecule has 0 fully saturated rings. The first kappa shape index (κ1) is 14.0. The van der Waals surface area contributed by atoms with Gasteiger partial charge in [0.25, 0.3) is 5.91 Å². The van der Waals surface area contributed by atoms with Crippen molar-refractivity contribution in [3.63, 3.8) is 0 Å². The normalized spacial score (nSPS) is 10.3. The highest BCUT2D eigenvalue weighted by molar-refractivity contribution is 9.10. The van der Waals surface area contributed by atoms with Gasteiger partial charge < -0.3 is 5.32 Å². The second-order valence-corrected chi connectivity index (χ2v) is 5.33. The standard InChI is InChI=1S/C14H10BrClFNO/c1-8-6-10(3-5-12(8)15)18-14(19)11-4-2-9(16)7-13(11)17/h2-7H,1H3,(H,18,19). The zero-order valence-corrected chi connectivity index (χ0v) is 12.3. The molecular formula is C14H10BrClFNO. The molecule has 1 N–H and O–H groups in total. The van der Waals surface area contributed by atoms with E-state index < -0.39 is 11.7 Å². The Morgan fingerprint density at radius 3 is 2.63 bits per heavy atom. The summed E-state index contributed by atoms with van der Waals surface area (Å²) >= 11 is 9.02. The Kier molecular flexibility index (Phi) is 4.22. The van der Waals surface area contributed by atoms with Crippen LogP contribution in [0, 0.1) is 12.7 Å². The maximum absolute atomic E-state index is 13.6. The summed E-state index contributed by atoms with van der Waals surface area (Å²) in [6, 6.07) is 9.32. The maximum Gasteiger partial charge on any atom is 0.258 e. The highest BCUT2D eigenvalue weighted by Gasteiger charge is 2.12. The third kappa shape index (κ3) is 3.33. The zero-order chi connectivity index (χ0) is 14.0. The molecule has 1 amide bonds. The van der Waals surface area contributed by atoms with Crippen LogP contribution in [-0.2, 0) is 0 Å². The van der Waals surface area contributed by atoms with Gasteiger partial charge in [0.15, 0.2) is 0 Å². The van der Waals surface area contributed by atoms with Gasteiger partial charge in [0, 0.05) is 15.2 Å². The average molecular weight is 343 g/mol. The van der Waals surface area contributed by atoms with E-state index >= 15 is 0 Å². The van der Waals surface area contributed by atoms with Crippen molar-refractivity contribution in [2.24, 2.45) is 0 Å². The van der Waals surface area contributed by atoms with Crippen LogP contribution < -0.4 is 5.32 Å². The fourth-order valence-corrected chi connectivity index (χ4v) is 2.00. The van der Waals surface area contributed by atoms with E-state index in [-0.39, 0.29) is 10.6 Å². The summed E-state index contributed by atoms with van der Waals surface area (Å²) in [5.74, 6) is -1.14. The number of carbonyl (C=O) groups excluding carboxylic acids is 1. The first-order valence-electron chi connectivity index (χ1n) is 5.50. The Balaban J connectivity index is 2.23. The lowest BCUT2D eigenvalue weighted by Crippen LogP contribution is -2.13. The highest BCUT2D eigenvalue weighted by Crippen LogP contribution is 2.21. The molecule has 2 aromatic rings. The lowest BCUT2D eigenvalue weighted by Gasteiger charge is -2.08. The van der Waals surface area contributed by atoms with Crippen LogP contribution in [0.2, 0.25) is 5.02 Å². The second-order valence-electron chi connectivity index (χ2n) is 4.04. The lowest BCUT2D eigenvalue weighted by atomic mass is 10.2. The number of nitrogens with one attached hydrogen (secondary N) is 1. The summed E-state index contributed by atoms with van der Waals surface area (Å²) in [4.78, 5) is 11.9. The van der Waals surface area contributed by atoms with Crippen LogP contribution in [0.3, 0.4) is 0 Å². The fraction of sp³-hybridized carbons (Fsp3) is 0.0714. The van der Waals surface area contributed by atoms with Crippen molar-refractivity contribution < 1.29 is 9.18 Å². The van der Waals surface area contributed by atoms with Gasteiger partial charge in [-0.15, -0.1) is 0 Å². The summed E-state index contributed by atoms with van der Waals surface area (Å²) in [5, 5.41) is 2.90. The predicted molar refractivity (Wildman–Crippen MR) is 78.2 cm³/mol. The van der Waals surface area contributed by atoms with Crippen molar-refractivity contribution in [3.8, 4) is 0 Å². The van der Waals surface area contributed by atoms with Crippen LogP contribution in [0.1, 0.15) is 15.9 Å². The fourth-order valence-electron chi connectivity index (χ4n) is 1.59. The molecule has 0 heterocycles. The molecule has 5 heteroatoms. The van der Waals surface area contributed by atoms with Gasteiger partial charge in [0.2, 0.25) is 0 Å². The monoisotopic (exact) mass is 341 g/mol. The minimum absolute atomic E-state index is 0.0371. The van der Waals surface area contributed by atoms with Crippen LogP contribution in [0.25, 0.3) is 0 Å². The number of halogens is 3. The van der Waals surface area contributed by atoms with Gasteiger partial charge in [-0.25, -0.2) is 4.39 Å². The Labute approximate surface area is 123 Å². The van der Waals surface area contributed by atoms with E-state index in [4.69, 9.17) is 11.6 Å². The zero-order valence-electron chi connectivity index (χ0n) is 10.0. The van der Waals surface area contributed by atoms with Crippen molar-refractivity contribution in [1.82, 2.24) is 0 Å². The van der Waals surface area contributed by atoms with Crippen molar-refractivity contribution in [3.05, 3.63) is 62.8 Å². The molecule has 98 valence electrons. The van der Waals surface area contributed by atoms with E-state index in [0.29, 0.717) is 5.69 Å². The predicted octanol–water partition coefficient (Wildman–Crippen LogP) is 4.80. The minimum atomic E-state index is -0.640. The molecule has 0 saturated carbocycles. The van der Waals surface area contributed by atoms with Crippen molar-refractivity contribution >= 4 is 39.1 Å². The van der Waals surface area contributed by atoms with Crippen molar-refractivity contribution in [2.75, 3.05) is 5.32 Å². The van der Waals surface area contributed by atoms with E-state index in [1.54, 1.807) is 12.1 Å². The van der Waals surface area contributed by atoms with Crippen LogP contribution in [-0.4, -0.2) is 5.91 Å². The summed E-state index contributed by atoms with van der Waals surface area (Å²) in [6.45, 7) is 1.91. The summed E-state index contributed by atoms with van der Waals surface area (Å²) < 4.78 is 14.5. The topological polar surface area (TPSA) is 29.1 Å². The summed E-state index contributed by atoms with van der Waals surface area (Å²) in [7, 11) is 0. The molecule has 2 aromatic carbocycles. The number of hydrogen-bond acceptors (Lipinski definition) is 1. The van der Waals surface area contributed by atoms with Gasteiger partial charge in [-0.1, -0.05) is 27.5 Å². The van der Waals surface area contributed by atoms with Crippen molar-refractivity contribution in [1.29, 1.82) is 0 Å². The molecule has 0 aliphatic heterocycles.